The third kappa shape index (κ3) is 4.66. The molecule has 1 fully saturated rings. The summed E-state index contributed by atoms with van der Waals surface area (Å²) in [5, 5.41) is 4.62. The number of rotatable bonds is 5. The van der Waals surface area contributed by atoms with Crippen molar-refractivity contribution >= 4 is 11.8 Å². The van der Waals surface area contributed by atoms with E-state index in [4.69, 9.17) is 0 Å². The second-order valence-corrected chi connectivity index (χ2v) is 7.83. The summed E-state index contributed by atoms with van der Waals surface area (Å²) < 4.78 is 1.80. The molecule has 1 aliphatic heterocycles. The Hall–Kier alpha value is -3.48. The smallest absolute Gasteiger partial charge is 0.293 e. The van der Waals surface area contributed by atoms with Gasteiger partial charge in [0.1, 0.15) is 5.82 Å². The van der Waals surface area contributed by atoms with Crippen LogP contribution < -0.4 is 0 Å². The average molecular weight is 418 g/mol. The van der Waals surface area contributed by atoms with Crippen LogP contribution in [0.1, 0.15) is 34.5 Å². The number of para-hydroxylation sites is 1. The maximum Gasteiger partial charge on any atom is 0.293 e. The number of aryl methyl sites for hydroxylation is 3. The molecule has 1 aliphatic rings. The van der Waals surface area contributed by atoms with Crippen LogP contribution in [0.4, 0.5) is 0 Å². The third-order valence-electron chi connectivity index (χ3n) is 5.70. The second-order valence-electron chi connectivity index (χ2n) is 7.83. The molecule has 0 spiro atoms. The van der Waals surface area contributed by atoms with Gasteiger partial charge in [-0.3, -0.25) is 9.59 Å². The first-order valence-corrected chi connectivity index (χ1v) is 10.6. The topological polar surface area (TPSA) is 71.3 Å². The Bertz CT molecular complexity index is 1070. The molecule has 0 atom stereocenters. The number of hydrogen-bond acceptors (Lipinski definition) is 4. The molecule has 31 heavy (non-hydrogen) atoms. The van der Waals surface area contributed by atoms with Gasteiger partial charge in [-0.15, -0.1) is 5.10 Å². The molecule has 1 aromatic heterocycles. The number of carbonyl (C=O) groups excluding carboxylic acids is 2. The number of carbonyl (C=O) groups is 2. The number of aromatic nitrogens is 3. The van der Waals surface area contributed by atoms with Crippen LogP contribution in [-0.4, -0.2) is 62.6 Å². The lowest BCUT2D eigenvalue weighted by Crippen LogP contribution is -2.50. The van der Waals surface area contributed by atoms with Crippen LogP contribution in [0.3, 0.4) is 0 Å². The lowest BCUT2D eigenvalue weighted by Gasteiger charge is -2.33. The summed E-state index contributed by atoms with van der Waals surface area (Å²) in [6.45, 7) is 5.66. The molecule has 2 heterocycles. The summed E-state index contributed by atoms with van der Waals surface area (Å²) in [6.07, 6.45) is 1.49. The van der Waals surface area contributed by atoms with Gasteiger partial charge in [-0.25, -0.2) is 9.67 Å². The minimum absolute atomic E-state index is 0.0391. The van der Waals surface area contributed by atoms with Gasteiger partial charge in [0.2, 0.25) is 11.7 Å². The zero-order valence-corrected chi connectivity index (χ0v) is 18.0. The molecule has 0 bridgehead atoms. The Labute approximate surface area is 182 Å². The Morgan fingerprint density at radius 2 is 1.52 bits per heavy atom. The monoisotopic (exact) mass is 417 g/mol. The fourth-order valence-electron chi connectivity index (χ4n) is 3.86. The van der Waals surface area contributed by atoms with Crippen LogP contribution in [0.25, 0.3) is 5.69 Å². The molecule has 4 rings (SSSR count). The average Bonchev–Trinajstić information content (AvgIpc) is 3.22. The Morgan fingerprint density at radius 3 is 2.19 bits per heavy atom. The number of benzene rings is 2. The Kier molecular flexibility index (Phi) is 6.11. The van der Waals surface area contributed by atoms with Crippen molar-refractivity contribution in [2.24, 2.45) is 0 Å². The van der Waals surface area contributed by atoms with Gasteiger partial charge in [-0.2, -0.15) is 0 Å². The molecule has 1 saturated heterocycles. The second kappa shape index (κ2) is 9.12. The van der Waals surface area contributed by atoms with Crippen molar-refractivity contribution in [1.29, 1.82) is 0 Å². The highest BCUT2D eigenvalue weighted by atomic mass is 16.2. The van der Waals surface area contributed by atoms with Crippen molar-refractivity contribution in [3.63, 3.8) is 0 Å². The Balaban J connectivity index is 1.59. The van der Waals surface area contributed by atoms with Crippen molar-refractivity contribution in [3.05, 3.63) is 77.4 Å². The van der Waals surface area contributed by atoms with Crippen LogP contribution in [0.15, 0.2) is 54.6 Å². The van der Waals surface area contributed by atoms with Crippen LogP contribution in [-0.2, 0) is 17.6 Å². The minimum Gasteiger partial charge on any atom is -0.339 e. The molecule has 0 saturated carbocycles. The van der Waals surface area contributed by atoms with Gasteiger partial charge < -0.3 is 9.80 Å². The predicted molar refractivity (Wildman–Crippen MR) is 118 cm³/mol. The third-order valence-corrected chi connectivity index (χ3v) is 5.70. The lowest BCUT2D eigenvalue weighted by molar-refractivity contribution is -0.130. The summed E-state index contributed by atoms with van der Waals surface area (Å²) in [6, 6.07) is 18.2. The van der Waals surface area contributed by atoms with Crippen molar-refractivity contribution in [1.82, 2.24) is 24.6 Å². The van der Waals surface area contributed by atoms with Crippen LogP contribution in [0, 0.1) is 6.92 Å². The molecule has 0 N–H and O–H groups in total. The lowest BCUT2D eigenvalue weighted by atomic mass is 10.1. The first-order valence-electron chi connectivity index (χ1n) is 10.6. The number of hydrogen-bond donors (Lipinski definition) is 0. The molecular weight excluding hydrogens is 390 g/mol. The van der Waals surface area contributed by atoms with E-state index in [2.05, 4.69) is 22.2 Å². The standard InChI is InChI=1S/C24H27N5O2/c1-18-8-6-7-11-21(18)29-22(13-12-20-9-4-3-5-10-20)25-23(26-29)24(31)28-16-14-27(15-17-28)19(2)30/h3-11H,12-17H2,1-2H3. The van der Waals surface area contributed by atoms with Gasteiger partial charge in [0.15, 0.2) is 0 Å². The zero-order chi connectivity index (χ0) is 21.8. The molecule has 2 aromatic carbocycles. The molecule has 7 heteroatoms. The number of nitrogens with zero attached hydrogens (tertiary/aromatic N) is 5. The van der Waals surface area contributed by atoms with Gasteiger partial charge in [0.05, 0.1) is 5.69 Å². The van der Waals surface area contributed by atoms with E-state index in [0.717, 1.165) is 23.5 Å². The summed E-state index contributed by atoms with van der Waals surface area (Å²) in [5.41, 5.74) is 3.22. The molecule has 0 aliphatic carbocycles. The SMILES string of the molecule is CC(=O)N1CCN(C(=O)c2nc(CCc3ccccc3)n(-c3ccccc3C)n2)CC1. The molecule has 160 valence electrons. The van der Waals surface area contributed by atoms with E-state index in [-0.39, 0.29) is 17.6 Å². The van der Waals surface area contributed by atoms with Gasteiger partial charge >= 0.3 is 0 Å². The van der Waals surface area contributed by atoms with Crippen molar-refractivity contribution in [2.45, 2.75) is 26.7 Å². The van der Waals surface area contributed by atoms with E-state index in [0.29, 0.717) is 32.6 Å². The van der Waals surface area contributed by atoms with E-state index >= 15 is 0 Å². The van der Waals surface area contributed by atoms with Gasteiger partial charge in [0.25, 0.3) is 5.91 Å². The number of piperazine rings is 1. The van der Waals surface area contributed by atoms with Gasteiger partial charge in [-0.1, -0.05) is 48.5 Å². The highest BCUT2D eigenvalue weighted by molar-refractivity contribution is 5.90. The molecule has 7 nitrogen and oxygen atoms in total. The maximum atomic E-state index is 13.1. The maximum absolute atomic E-state index is 13.1. The van der Waals surface area contributed by atoms with E-state index in [1.54, 1.807) is 21.4 Å². The van der Waals surface area contributed by atoms with E-state index in [1.807, 2.05) is 49.4 Å². The minimum atomic E-state index is -0.184. The van der Waals surface area contributed by atoms with Crippen molar-refractivity contribution in [3.8, 4) is 5.69 Å². The van der Waals surface area contributed by atoms with E-state index in [9.17, 15) is 9.59 Å². The van der Waals surface area contributed by atoms with Crippen LogP contribution in [0.5, 0.6) is 0 Å². The highest BCUT2D eigenvalue weighted by Crippen LogP contribution is 2.17. The largest absolute Gasteiger partial charge is 0.339 e. The van der Waals surface area contributed by atoms with Crippen LogP contribution >= 0.6 is 0 Å². The van der Waals surface area contributed by atoms with Crippen molar-refractivity contribution in [2.75, 3.05) is 26.2 Å². The fraction of sp³-hybridized carbons (Fsp3) is 0.333. The van der Waals surface area contributed by atoms with Crippen molar-refractivity contribution < 1.29 is 9.59 Å². The van der Waals surface area contributed by atoms with Gasteiger partial charge in [-0.05, 0) is 30.5 Å². The molecule has 3 aromatic rings. The summed E-state index contributed by atoms with van der Waals surface area (Å²) in [5.74, 6) is 0.834. The number of amides is 2. The summed E-state index contributed by atoms with van der Waals surface area (Å²) in [7, 11) is 0. The summed E-state index contributed by atoms with van der Waals surface area (Å²) >= 11 is 0. The quantitative estimate of drug-likeness (QED) is 0.640. The van der Waals surface area contributed by atoms with Gasteiger partial charge in [0, 0.05) is 39.5 Å². The van der Waals surface area contributed by atoms with E-state index < -0.39 is 0 Å². The molecule has 0 radical (unpaired) electrons. The van der Waals surface area contributed by atoms with E-state index in [1.165, 1.54) is 5.56 Å². The normalized spacial score (nSPS) is 14.0. The molecular formula is C24H27N5O2. The first kappa shape index (κ1) is 20.8. The Morgan fingerprint density at radius 1 is 0.871 bits per heavy atom. The highest BCUT2D eigenvalue weighted by Gasteiger charge is 2.27. The fourth-order valence-corrected chi connectivity index (χ4v) is 3.86. The van der Waals surface area contributed by atoms with Crippen LogP contribution in [0.2, 0.25) is 0 Å². The zero-order valence-electron chi connectivity index (χ0n) is 18.0. The molecule has 2 amide bonds. The molecule has 0 unspecified atom stereocenters. The predicted octanol–water partition coefficient (Wildman–Crippen LogP) is 2.67. The summed E-state index contributed by atoms with van der Waals surface area (Å²) in [4.78, 5) is 32.8. The first-order chi connectivity index (χ1) is 15.0.